The summed E-state index contributed by atoms with van der Waals surface area (Å²) in [4.78, 5) is 28.0. The highest BCUT2D eigenvalue weighted by molar-refractivity contribution is 7.90. The number of benzene rings is 3. The molecule has 49 heavy (non-hydrogen) atoms. The number of ether oxygens (including phenoxy) is 1. The van der Waals surface area contributed by atoms with Crippen LogP contribution in [0.3, 0.4) is 0 Å². The van der Waals surface area contributed by atoms with Gasteiger partial charge < -0.3 is 14.7 Å². The Bertz CT molecular complexity index is 1850. The molecule has 4 atom stereocenters. The molecule has 1 saturated heterocycles. The van der Waals surface area contributed by atoms with Crippen LogP contribution in [0.1, 0.15) is 67.4 Å². The number of hydrogen-bond acceptors (Lipinski definition) is 5. The second-order valence-corrected chi connectivity index (χ2v) is 15.8. The van der Waals surface area contributed by atoms with Crippen LogP contribution in [0.2, 0.25) is 10.0 Å². The van der Waals surface area contributed by atoms with E-state index in [4.69, 9.17) is 27.9 Å². The first-order valence-corrected chi connectivity index (χ1v) is 17.8. The molecule has 3 aromatic carbocycles. The van der Waals surface area contributed by atoms with Gasteiger partial charge in [0.25, 0.3) is 5.91 Å². The highest BCUT2D eigenvalue weighted by atomic mass is 35.5. The third kappa shape index (κ3) is 7.18. The van der Waals surface area contributed by atoms with E-state index in [2.05, 4.69) is 4.72 Å². The lowest BCUT2D eigenvalue weighted by molar-refractivity contribution is -0.242. The van der Waals surface area contributed by atoms with Gasteiger partial charge in [0.05, 0.1) is 18.9 Å². The van der Waals surface area contributed by atoms with Gasteiger partial charge >= 0.3 is 12.1 Å². The van der Waals surface area contributed by atoms with Crippen molar-refractivity contribution in [1.29, 1.82) is 0 Å². The van der Waals surface area contributed by atoms with Gasteiger partial charge in [0.15, 0.2) is 5.60 Å². The molecule has 6 rings (SSSR count). The molecule has 3 aliphatic rings. The van der Waals surface area contributed by atoms with Crippen molar-refractivity contribution in [1.82, 2.24) is 9.62 Å². The van der Waals surface area contributed by atoms with Crippen molar-refractivity contribution in [3.05, 3.63) is 105 Å². The molecule has 1 amide bonds. The highest BCUT2D eigenvalue weighted by Gasteiger charge is 2.62. The van der Waals surface area contributed by atoms with Gasteiger partial charge in [-0.15, -0.1) is 0 Å². The van der Waals surface area contributed by atoms with Crippen molar-refractivity contribution in [3.63, 3.8) is 0 Å². The molecule has 8 nitrogen and oxygen atoms in total. The number of carboxylic acid groups (broad SMARTS) is 1. The summed E-state index contributed by atoms with van der Waals surface area (Å²) in [7, 11) is -4.29. The molecular weight excluding hydrogens is 711 g/mol. The van der Waals surface area contributed by atoms with Crippen molar-refractivity contribution < 1.29 is 45.4 Å². The van der Waals surface area contributed by atoms with Crippen molar-refractivity contribution in [2.24, 2.45) is 5.92 Å². The molecule has 0 aromatic heterocycles. The van der Waals surface area contributed by atoms with Crippen LogP contribution in [0, 0.1) is 11.7 Å². The molecule has 0 bridgehead atoms. The first kappa shape index (κ1) is 35.6. The van der Waals surface area contributed by atoms with E-state index >= 15 is 0 Å². The number of halogens is 6. The summed E-state index contributed by atoms with van der Waals surface area (Å²) in [6.45, 7) is -0.420. The Labute approximate surface area is 290 Å². The van der Waals surface area contributed by atoms with Gasteiger partial charge in [-0.3, -0.25) is 9.59 Å². The number of carbonyl (C=O) groups excluding carboxylic acids is 1. The van der Waals surface area contributed by atoms with Crippen LogP contribution >= 0.6 is 23.2 Å². The summed E-state index contributed by atoms with van der Waals surface area (Å²) in [6.07, 6.45) is -8.29. The SMILES string of the molecule is O=C(O)C[C@]1(CC(F)(F)F)O[C@H](c2cccc(Cl)c2)[C@@H](c2ccc(Cl)cc2)N([C@H](CNS(=O)(=O)C2(c3ccccc3F)CC2)C2CC2)C1=O. The average molecular weight is 744 g/mol. The van der Waals surface area contributed by atoms with Crippen molar-refractivity contribution in [3.8, 4) is 0 Å². The Morgan fingerprint density at radius 2 is 1.67 bits per heavy atom. The molecule has 2 saturated carbocycles. The summed E-state index contributed by atoms with van der Waals surface area (Å²) in [5, 5.41) is 10.4. The van der Waals surface area contributed by atoms with E-state index < -0.39 is 81.8 Å². The fraction of sp³-hybridized carbons (Fsp3) is 0.412. The largest absolute Gasteiger partial charge is 0.481 e. The highest BCUT2D eigenvalue weighted by Crippen LogP contribution is 2.55. The van der Waals surface area contributed by atoms with E-state index in [1.54, 1.807) is 30.3 Å². The van der Waals surface area contributed by atoms with Gasteiger partial charge in [-0.05, 0) is 73.1 Å². The van der Waals surface area contributed by atoms with Crippen LogP contribution in [0.4, 0.5) is 17.6 Å². The lowest BCUT2D eigenvalue weighted by Crippen LogP contribution is -2.64. The van der Waals surface area contributed by atoms with Crippen LogP contribution in [-0.4, -0.2) is 54.7 Å². The minimum atomic E-state index is -5.03. The Balaban J connectivity index is 1.48. The fourth-order valence-corrected chi connectivity index (χ4v) is 9.04. The smallest absolute Gasteiger partial charge is 0.392 e. The molecule has 3 fully saturated rings. The molecule has 0 radical (unpaired) electrons. The van der Waals surface area contributed by atoms with Gasteiger partial charge in [-0.1, -0.05) is 65.7 Å². The standard InChI is InChI=1S/C34H32Cl2F4N2O6S/c35-23-12-10-21(11-13-23)29-30(22-4-3-5-24(36)16-22)48-32(17-28(43)44,19-34(38,39)40)31(45)42(29)27(20-8-9-20)18-41-49(46,47)33(14-15-33)25-6-1-2-7-26(25)37/h1-7,10-13,16,20,27,29-30,41H,8-9,14-15,17-19H2,(H,43,44)/t27-,29-,30-,32-/m1/s1. The lowest BCUT2D eigenvalue weighted by Gasteiger charge is -2.53. The Kier molecular flexibility index (Phi) is 9.55. The topological polar surface area (TPSA) is 113 Å². The number of morpholine rings is 1. The molecule has 262 valence electrons. The molecular formula is C34H32Cl2F4N2O6S. The predicted molar refractivity (Wildman–Crippen MR) is 173 cm³/mol. The predicted octanol–water partition coefficient (Wildman–Crippen LogP) is 7.33. The maximum absolute atomic E-state index is 14.8. The van der Waals surface area contributed by atoms with Crippen LogP contribution in [0.25, 0.3) is 0 Å². The normalized spacial score (nSPS) is 24.4. The number of amides is 1. The maximum Gasteiger partial charge on any atom is 0.392 e. The molecule has 0 unspecified atom stereocenters. The third-order valence-electron chi connectivity index (χ3n) is 9.46. The Hall–Kier alpha value is -3.23. The van der Waals surface area contributed by atoms with E-state index in [9.17, 15) is 40.7 Å². The molecule has 2 aliphatic carbocycles. The number of rotatable bonds is 12. The second kappa shape index (κ2) is 13.1. The number of nitrogens with one attached hydrogen (secondary N) is 1. The molecule has 1 aliphatic heterocycles. The molecule has 2 N–H and O–H groups in total. The molecule has 1 heterocycles. The maximum atomic E-state index is 14.8. The van der Waals surface area contributed by atoms with E-state index in [-0.39, 0.29) is 34.9 Å². The summed E-state index contributed by atoms with van der Waals surface area (Å²) in [6, 6.07) is 15.7. The molecule has 3 aromatic rings. The van der Waals surface area contributed by atoms with Crippen LogP contribution in [0.15, 0.2) is 72.8 Å². The third-order valence-corrected chi connectivity index (χ3v) is 12.2. The van der Waals surface area contributed by atoms with E-state index in [0.717, 1.165) is 0 Å². The zero-order valence-corrected chi connectivity index (χ0v) is 28.1. The zero-order chi connectivity index (χ0) is 35.4. The molecule has 15 heteroatoms. The summed E-state index contributed by atoms with van der Waals surface area (Å²) in [5.41, 5.74) is -2.24. The van der Waals surface area contributed by atoms with E-state index in [0.29, 0.717) is 23.4 Å². The van der Waals surface area contributed by atoms with Crippen molar-refractivity contribution >= 4 is 45.1 Å². The number of aliphatic carboxylic acids is 1. The lowest BCUT2D eigenvalue weighted by atomic mass is 9.83. The minimum absolute atomic E-state index is 0.00126. The van der Waals surface area contributed by atoms with Crippen molar-refractivity contribution in [2.45, 2.75) is 73.2 Å². The van der Waals surface area contributed by atoms with Crippen LogP contribution in [0.5, 0.6) is 0 Å². The monoisotopic (exact) mass is 742 g/mol. The number of sulfonamides is 1. The summed E-state index contributed by atoms with van der Waals surface area (Å²) in [5.74, 6) is -3.98. The quantitative estimate of drug-likeness (QED) is 0.188. The fourth-order valence-electron chi connectivity index (χ4n) is 6.95. The number of hydrogen-bond donors (Lipinski definition) is 2. The van der Waals surface area contributed by atoms with Crippen LogP contribution in [-0.2, 0) is 29.1 Å². The van der Waals surface area contributed by atoms with Gasteiger partial charge in [-0.25, -0.2) is 17.5 Å². The average Bonchev–Trinajstić information content (AvgIpc) is 3.94. The molecule has 0 spiro atoms. The Morgan fingerprint density at radius 3 is 2.24 bits per heavy atom. The van der Waals surface area contributed by atoms with E-state index in [1.807, 2.05) is 0 Å². The first-order chi connectivity index (χ1) is 23.1. The van der Waals surface area contributed by atoms with E-state index in [1.165, 1.54) is 47.4 Å². The number of alkyl halides is 3. The Morgan fingerprint density at radius 1 is 1.00 bits per heavy atom. The van der Waals surface area contributed by atoms with Crippen molar-refractivity contribution in [2.75, 3.05) is 6.54 Å². The number of carbonyl (C=O) groups is 2. The van der Waals surface area contributed by atoms with Gasteiger partial charge in [0, 0.05) is 28.2 Å². The second-order valence-electron chi connectivity index (χ2n) is 12.9. The van der Waals surface area contributed by atoms with Gasteiger partial charge in [-0.2, -0.15) is 13.2 Å². The van der Waals surface area contributed by atoms with Crippen LogP contribution < -0.4 is 4.72 Å². The minimum Gasteiger partial charge on any atom is -0.481 e. The number of carboxylic acids is 1. The summed E-state index contributed by atoms with van der Waals surface area (Å²) < 4.78 is 92.7. The first-order valence-electron chi connectivity index (χ1n) is 15.6. The number of nitrogens with zero attached hydrogens (tertiary/aromatic N) is 1. The van der Waals surface area contributed by atoms with Gasteiger partial charge in [0.1, 0.15) is 16.7 Å². The van der Waals surface area contributed by atoms with Gasteiger partial charge in [0.2, 0.25) is 10.0 Å². The zero-order valence-electron chi connectivity index (χ0n) is 25.8. The summed E-state index contributed by atoms with van der Waals surface area (Å²) >= 11 is 12.5.